The Morgan fingerprint density at radius 1 is 1.23 bits per heavy atom. The zero-order valence-corrected chi connectivity index (χ0v) is 18.0. The first-order chi connectivity index (χ1) is 14.9. The molecule has 1 aliphatic rings. The predicted octanol–water partition coefficient (Wildman–Crippen LogP) is 3.89. The number of carbonyl (C=O) groups is 1. The van der Waals surface area contributed by atoms with E-state index in [1.54, 1.807) is 29.7 Å². The first kappa shape index (κ1) is 19.9. The number of aliphatic hydroxyl groups is 2. The molecule has 1 atom stereocenters. The Labute approximate surface area is 183 Å². The molecular weight excluding hydrogens is 412 g/mol. The largest absolute Gasteiger partial charge is 0.491 e. The zero-order chi connectivity index (χ0) is 21.8. The fourth-order valence-corrected chi connectivity index (χ4v) is 4.88. The number of nitrogens with zero attached hydrogens (tertiary/aromatic N) is 1. The second-order valence-electron chi connectivity index (χ2n) is 8.28. The number of H-pyrrole nitrogens is 1. The molecule has 6 nitrogen and oxygen atoms in total. The summed E-state index contributed by atoms with van der Waals surface area (Å²) in [6.07, 6.45) is 0.838. The number of nitrogens with one attached hydrogen (secondary N) is 1. The second kappa shape index (κ2) is 7.30. The lowest BCUT2D eigenvalue weighted by atomic mass is 9.71. The van der Waals surface area contributed by atoms with Crippen LogP contribution in [0.3, 0.4) is 0 Å². The number of aromatic nitrogens is 2. The fraction of sp³-hybridized carbons (Fsp3) is 0.250. The molecule has 31 heavy (non-hydrogen) atoms. The molecule has 0 aliphatic heterocycles. The normalized spacial score (nSPS) is 15.5. The fourth-order valence-electron chi connectivity index (χ4n) is 4.24. The van der Waals surface area contributed by atoms with E-state index in [0.29, 0.717) is 16.9 Å². The number of carbonyl (C=O) groups excluding carboxylic acids is 1. The molecule has 2 aromatic heterocycles. The van der Waals surface area contributed by atoms with E-state index >= 15 is 0 Å². The van der Waals surface area contributed by atoms with Crippen molar-refractivity contribution < 1.29 is 19.7 Å². The van der Waals surface area contributed by atoms with Gasteiger partial charge in [-0.2, -0.15) is 0 Å². The van der Waals surface area contributed by atoms with Gasteiger partial charge in [-0.15, -0.1) is 11.3 Å². The lowest BCUT2D eigenvalue weighted by molar-refractivity contribution is 0.0535. The van der Waals surface area contributed by atoms with E-state index < -0.39 is 11.5 Å². The minimum atomic E-state index is -0.946. The van der Waals surface area contributed by atoms with Gasteiger partial charge >= 0.3 is 0 Å². The standard InChI is InChI=1S/C24H22N2O4S/c1-24(2)18-10-15(30-12-14(28)11-27)4-6-16(18)21(29)20-17-5-3-13(23-25-7-8-31-23)9-19(17)26-22(20)24/h3-10,14,26-28H,11-12H2,1-2H3. The number of ether oxygens (including phenoxy) is 1. The molecular formula is C24H22N2O4S. The molecule has 2 aromatic carbocycles. The van der Waals surface area contributed by atoms with Crippen LogP contribution in [0.15, 0.2) is 48.0 Å². The monoisotopic (exact) mass is 434 g/mol. The first-order valence-corrected chi connectivity index (χ1v) is 10.9. The van der Waals surface area contributed by atoms with Gasteiger partial charge in [0, 0.05) is 44.7 Å². The van der Waals surface area contributed by atoms with Gasteiger partial charge in [-0.1, -0.05) is 26.0 Å². The Hall–Kier alpha value is -3.00. The molecule has 2 heterocycles. The minimum Gasteiger partial charge on any atom is -0.491 e. The summed E-state index contributed by atoms with van der Waals surface area (Å²) in [5.74, 6) is 0.539. The maximum Gasteiger partial charge on any atom is 0.195 e. The van der Waals surface area contributed by atoms with Gasteiger partial charge in [0.15, 0.2) is 5.78 Å². The average molecular weight is 435 g/mol. The van der Waals surface area contributed by atoms with Gasteiger partial charge in [-0.3, -0.25) is 4.79 Å². The van der Waals surface area contributed by atoms with E-state index in [4.69, 9.17) is 9.84 Å². The quantitative estimate of drug-likeness (QED) is 0.443. The molecule has 4 aromatic rings. The van der Waals surface area contributed by atoms with E-state index in [9.17, 15) is 9.90 Å². The van der Waals surface area contributed by atoms with Crippen molar-refractivity contribution in [2.75, 3.05) is 13.2 Å². The highest BCUT2D eigenvalue weighted by atomic mass is 32.1. The maximum atomic E-state index is 13.5. The summed E-state index contributed by atoms with van der Waals surface area (Å²) < 4.78 is 5.62. The summed E-state index contributed by atoms with van der Waals surface area (Å²) in [5.41, 5.74) is 4.58. The van der Waals surface area contributed by atoms with Crippen LogP contribution in [0.25, 0.3) is 21.5 Å². The van der Waals surface area contributed by atoms with Crippen molar-refractivity contribution in [3.8, 4) is 16.3 Å². The minimum absolute atomic E-state index is 0.0131. The third-order valence-electron chi connectivity index (χ3n) is 5.89. The van der Waals surface area contributed by atoms with Crippen LogP contribution in [0.1, 0.15) is 41.0 Å². The van der Waals surface area contributed by atoms with Crippen LogP contribution >= 0.6 is 11.3 Å². The molecule has 0 saturated carbocycles. The summed E-state index contributed by atoms with van der Waals surface area (Å²) in [4.78, 5) is 21.4. The molecule has 1 aliphatic carbocycles. The highest BCUT2D eigenvalue weighted by molar-refractivity contribution is 7.13. The molecule has 0 bridgehead atoms. The van der Waals surface area contributed by atoms with E-state index in [1.165, 1.54) is 0 Å². The topological polar surface area (TPSA) is 95.4 Å². The van der Waals surface area contributed by atoms with E-state index in [-0.39, 0.29) is 19.0 Å². The third-order valence-corrected chi connectivity index (χ3v) is 6.71. The molecule has 7 heteroatoms. The number of aromatic amines is 1. The number of rotatable bonds is 5. The third kappa shape index (κ3) is 3.17. The number of fused-ring (bicyclic) bond motifs is 4. The molecule has 0 radical (unpaired) electrons. The average Bonchev–Trinajstić information content (AvgIpc) is 3.44. The molecule has 0 amide bonds. The number of aliphatic hydroxyl groups excluding tert-OH is 2. The lowest BCUT2D eigenvalue weighted by Crippen LogP contribution is -2.30. The van der Waals surface area contributed by atoms with Crippen LogP contribution in [0.2, 0.25) is 0 Å². The zero-order valence-electron chi connectivity index (χ0n) is 17.2. The van der Waals surface area contributed by atoms with Crippen molar-refractivity contribution in [2.24, 2.45) is 0 Å². The summed E-state index contributed by atoms with van der Waals surface area (Å²) in [6.45, 7) is 3.79. The highest BCUT2D eigenvalue weighted by Gasteiger charge is 2.39. The van der Waals surface area contributed by atoms with Gasteiger partial charge in [-0.05, 0) is 29.8 Å². The van der Waals surface area contributed by atoms with Crippen LogP contribution in [0.4, 0.5) is 0 Å². The smallest absolute Gasteiger partial charge is 0.195 e. The van der Waals surface area contributed by atoms with E-state index in [2.05, 4.69) is 23.8 Å². The number of hydrogen-bond donors (Lipinski definition) is 3. The van der Waals surface area contributed by atoms with Crippen LogP contribution < -0.4 is 4.74 Å². The maximum absolute atomic E-state index is 13.5. The van der Waals surface area contributed by atoms with Gasteiger partial charge in [0.05, 0.1) is 12.2 Å². The highest BCUT2D eigenvalue weighted by Crippen LogP contribution is 2.45. The van der Waals surface area contributed by atoms with Gasteiger partial charge < -0.3 is 19.9 Å². The summed E-state index contributed by atoms with van der Waals surface area (Å²) >= 11 is 1.58. The predicted molar refractivity (Wildman–Crippen MR) is 120 cm³/mol. The van der Waals surface area contributed by atoms with Crippen LogP contribution in [-0.4, -0.2) is 45.3 Å². The van der Waals surface area contributed by atoms with Crippen molar-refractivity contribution >= 4 is 28.0 Å². The summed E-state index contributed by atoms with van der Waals surface area (Å²) in [5, 5.41) is 22.4. The Balaban J connectivity index is 1.60. The number of hydrogen-bond acceptors (Lipinski definition) is 6. The van der Waals surface area contributed by atoms with Gasteiger partial charge in [-0.25, -0.2) is 4.98 Å². The first-order valence-electron chi connectivity index (χ1n) is 10.1. The molecule has 0 fully saturated rings. The van der Waals surface area contributed by atoms with Crippen molar-refractivity contribution in [3.05, 3.63) is 70.4 Å². The Morgan fingerprint density at radius 2 is 2.06 bits per heavy atom. The second-order valence-corrected chi connectivity index (χ2v) is 9.18. The van der Waals surface area contributed by atoms with Crippen molar-refractivity contribution in [1.29, 1.82) is 0 Å². The van der Waals surface area contributed by atoms with Crippen LogP contribution in [-0.2, 0) is 5.41 Å². The lowest BCUT2D eigenvalue weighted by Gasteiger charge is -2.32. The Bertz CT molecular complexity index is 1290. The summed E-state index contributed by atoms with van der Waals surface area (Å²) in [6, 6.07) is 11.4. The van der Waals surface area contributed by atoms with Gasteiger partial charge in [0.1, 0.15) is 23.5 Å². The number of ketones is 1. The van der Waals surface area contributed by atoms with E-state index in [1.807, 2.05) is 29.6 Å². The number of thiazole rings is 1. The molecule has 0 spiro atoms. The molecule has 158 valence electrons. The van der Waals surface area contributed by atoms with Crippen LogP contribution in [0.5, 0.6) is 5.75 Å². The molecule has 1 unspecified atom stereocenters. The summed E-state index contributed by atoms with van der Waals surface area (Å²) in [7, 11) is 0. The molecule has 5 rings (SSSR count). The van der Waals surface area contributed by atoms with Gasteiger partial charge in [0.2, 0.25) is 0 Å². The SMILES string of the molecule is CC1(C)c2cc(OCC(O)CO)ccc2C(=O)c2c1[nH]c1cc(-c3nccs3)ccc21. The van der Waals surface area contributed by atoms with Crippen molar-refractivity contribution in [1.82, 2.24) is 9.97 Å². The van der Waals surface area contributed by atoms with Crippen molar-refractivity contribution in [3.63, 3.8) is 0 Å². The van der Waals surface area contributed by atoms with Crippen molar-refractivity contribution in [2.45, 2.75) is 25.4 Å². The number of benzene rings is 2. The van der Waals surface area contributed by atoms with Gasteiger partial charge in [0.25, 0.3) is 0 Å². The molecule has 0 saturated heterocycles. The Kier molecular flexibility index (Phi) is 4.69. The van der Waals surface area contributed by atoms with Crippen LogP contribution in [0, 0.1) is 0 Å². The Morgan fingerprint density at radius 3 is 2.81 bits per heavy atom. The molecule has 3 N–H and O–H groups in total. The van der Waals surface area contributed by atoms with E-state index in [0.717, 1.165) is 32.7 Å².